The Hall–Kier alpha value is -1.63. The molecule has 7 nitrogen and oxygen atoms in total. The van der Waals surface area contributed by atoms with Crippen LogP contribution in [0.25, 0.3) is 0 Å². The SMILES string of the molecule is CCC(O)C(=O)N[C@@H](C)C(=O)N[C@H](C(=O)O)C(C)C. The molecule has 0 saturated carbocycles. The van der Waals surface area contributed by atoms with Gasteiger partial charge >= 0.3 is 5.97 Å². The van der Waals surface area contributed by atoms with Crippen LogP contribution in [0, 0.1) is 5.92 Å². The lowest BCUT2D eigenvalue weighted by Crippen LogP contribution is -2.53. The molecule has 0 fully saturated rings. The fourth-order valence-electron chi connectivity index (χ4n) is 1.35. The number of nitrogens with one attached hydrogen (secondary N) is 2. The Kier molecular flexibility index (Phi) is 7.06. The summed E-state index contributed by atoms with van der Waals surface area (Å²) < 4.78 is 0. The van der Waals surface area contributed by atoms with E-state index in [0.717, 1.165) is 0 Å². The summed E-state index contributed by atoms with van der Waals surface area (Å²) in [5.41, 5.74) is 0. The van der Waals surface area contributed by atoms with E-state index in [-0.39, 0.29) is 12.3 Å². The van der Waals surface area contributed by atoms with Crippen LogP contribution < -0.4 is 10.6 Å². The van der Waals surface area contributed by atoms with Crippen LogP contribution in [0.2, 0.25) is 0 Å². The lowest BCUT2D eigenvalue weighted by atomic mass is 10.0. The molecule has 1 unspecified atom stereocenters. The molecule has 0 aliphatic rings. The highest BCUT2D eigenvalue weighted by Crippen LogP contribution is 2.02. The van der Waals surface area contributed by atoms with Crippen LogP contribution in [0.1, 0.15) is 34.1 Å². The van der Waals surface area contributed by atoms with Crippen molar-refractivity contribution in [2.75, 3.05) is 0 Å². The predicted octanol–water partition coefficient (Wildman–Crippen LogP) is -0.513. The number of rotatable bonds is 7. The largest absolute Gasteiger partial charge is 0.480 e. The summed E-state index contributed by atoms with van der Waals surface area (Å²) in [6.07, 6.45) is -0.931. The Bertz CT molecular complexity index is 343. The number of aliphatic carboxylic acids is 1. The number of carboxylic acid groups (broad SMARTS) is 1. The molecule has 0 aromatic carbocycles. The van der Waals surface area contributed by atoms with E-state index in [1.54, 1.807) is 20.8 Å². The lowest BCUT2D eigenvalue weighted by molar-refractivity contribution is -0.143. The van der Waals surface area contributed by atoms with Gasteiger partial charge in [-0.05, 0) is 19.3 Å². The Morgan fingerprint density at radius 1 is 1.05 bits per heavy atom. The number of carbonyl (C=O) groups excluding carboxylic acids is 2. The molecule has 0 saturated heterocycles. The van der Waals surface area contributed by atoms with Gasteiger partial charge in [0.2, 0.25) is 11.8 Å². The maximum absolute atomic E-state index is 11.7. The Morgan fingerprint density at radius 2 is 1.58 bits per heavy atom. The minimum Gasteiger partial charge on any atom is -0.480 e. The van der Waals surface area contributed by atoms with E-state index in [1.807, 2.05) is 0 Å². The first-order valence-electron chi connectivity index (χ1n) is 6.22. The molecule has 0 aromatic heterocycles. The number of aliphatic hydroxyl groups is 1. The summed E-state index contributed by atoms with van der Waals surface area (Å²) in [6, 6.07) is -1.92. The van der Waals surface area contributed by atoms with Crippen LogP contribution in [0.4, 0.5) is 0 Å². The molecule has 0 aliphatic heterocycles. The van der Waals surface area contributed by atoms with Gasteiger partial charge in [-0.15, -0.1) is 0 Å². The molecule has 2 amide bonds. The number of hydrogen-bond donors (Lipinski definition) is 4. The van der Waals surface area contributed by atoms with E-state index in [2.05, 4.69) is 10.6 Å². The highest BCUT2D eigenvalue weighted by atomic mass is 16.4. The number of hydrogen-bond acceptors (Lipinski definition) is 4. The number of carbonyl (C=O) groups is 3. The van der Waals surface area contributed by atoms with E-state index in [4.69, 9.17) is 5.11 Å². The molecule has 0 spiro atoms. The fourth-order valence-corrected chi connectivity index (χ4v) is 1.35. The molecule has 7 heteroatoms. The van der Waals surface area contributed by atoms with Crippen LogP contribution in [-0.4, -0.2) is 46.2 Å². The summed E-state index contributed by atoms with van der Waals surface area (Å²) >= 11 is 0. The zero-order chi connectivity index (χ0) is 15.2. The maximum Gasteiger partial charge on any atom is 0.326 e. The van der Waals surface area contributed by atoms with Gasteiger partial charge in [-0.3, -0.25) is 9.59 Å². The van der Waals surface area contributed by atoms with Crippen LogP contribution in [0.15, 0.2) is 0 Å². The average molecular weight is 274 g/mol. The second kappa shape index (κ2) is 7.73. The first-order chi connectivity index (χ1) is 8.70. The van der Waals surface area contributed by atoms with Crippen LogP contribution >= 0.6 is 0 Å². The van der Waals surface area contributed by atoms with Gasteiger partial charge < -0.3 is 20.8 Å². The molecule has 110 valence electrons. The molecule has 0 aliphatic carbocycles. The molecule has 19 heavy (non-hydrogen) atoms. The third-order valence-corrected chi connectivity index (χ3v) is 2.67. The third kappa shape index (κ3) is 5.69. The van der Waals surface area contributed by atoms with E-state index in [0.29, 0.717) is 0 Å². The van der Waals surface area contributed by atoms with Crippen molar-refractivity contribution >= 4 is 17.8 Å². The fraction of sp³-hybridized carbons (Fsp3) is 0.750. The van der Waals surface area contributed by atoms with E-state index in [1.165, 1.54) is 6.92 Å². The smallest absolute Gasteiger partial charge is 0.326 e. The lowest BCUT2D eigenvalue weighted by Gasteiger charge is -2.21. The molecule has 3 atom stereocenters. The minimum absolute atomic E-state index is 0.240. The molecule has 4 N–H and O–H groups in total. The number of aliphatic hydroxyl groups excluding tert-OH is 1. The van der Waals surface area contributed by atoms with E-state index in [9.17, 15) is 19.5 Å². The topological polar surface area (TPSA) is 116 Å². The van der Waals surface area contributed by atoms with E-state index >= 15 is 0 Å². The monoisotopic (exact) mass is 274 g/mol. The second-order valence-corrected chi connectivity index (χ2v) is 4.72. The van der Waals surface area contributed by atoms with Gasteiger partial charge in [-0.1, -0.05) is 20.8 Å². The standard InChI is InChI=1S/C12H22N2O5/c1-5-8(15)11(17)13-7(4)10(16)14-9(6(2)3)12(18)19/h6-9,15H,5H2,1-4H3,(H,13,17)(H,14,16)(H,18,19)/t7-,8?,9-/m0/s1. The molecular formula is C12H22N2O5. The molecule has 0 rings (SSSR count). The van der Waals surface area contributed by atoms with Gasteiger partial charge in [0.15, 0.2) is 0 Å². The van der Waals surface area contributed by atoms with Crippen LogP contribution in [-0.2, 0) is 14.4 Å². The Balaban J connectivity index is 4.49. The van der Waals surface area contributed by atoms with Crippen molar-refractivity contribution in [3.8, 4) is 0 Å². The molecule has 0 bridgehead atoms. The Labute approximate surface area is 112 Å². The summed E-state index contributed by atoms with van der Waals surface area (Å²) in [4.78, 5) is 34.1. The first-order valence-corrected chi connectivity index (χ1v) is 6.22. The summed E-state index contributed by atoms with van der Waals surface area (Å²) in [7, 11) is 0. The summed E-state index contributed by atoms with van der Waals surface area (Å²) in [5, 5.41) is 22.9. The van der Waals surface area contributed by atoms with Crippen molar-refractivity contribution in [3.63, 3.8) is 0 Å². The van der Waals surface area contributed by atoms with Crippen molar-refractivity contribution in [1.29, 1.82) is 0 Å². The van der Waals surface area contributed by atoms with Gasteiger partial charge in [0.1, 0.15) is 18.2 Å². The van der Waals surface area contributed by atoms with Crippen molar-refractivity contribution < 1.29 is 24.6 Å². The molecule has 0 aromatic rings. The van der Waals surface area contributed by atoms with Crippen molar-refractivity contribution in [2.45, 2.75) is 52.3 Å². The Morgan fingerprint density at radius 3 is 1.95 bits per heavy atom. The minimum atomic E-state index is -1.17. The zero-order valence-electron chi connectivity index (χ0n) is 11.6. The van der Waals surface area contributed by atoms with Crippen molar-refractivity contribution in [3.05, 3.63) is 0 Å². The summed E-state index contributed by atoms with van der Waals surface area (Å²) in [6.45, 7) is 6.40. The van der Waals surface area contributed by atoms with Crippen molar-refractivity contribution in [1.82, 2.24) is 10.6 Å². The average Bonchev–Trinajstić information content (AvgIpc) is 2.33. The predicted molar refractivity (Wildman–Crippen MR) is 68.3 cm³/mol. The molecule has 0 heterocycles. The normalized spacial score (nSPS) is 15.5. The second-order valence-electron chi connectivity index (χ2n) is 4.72. The van der Waals surface area contributed by atoms with Gasteiger partial charge in [0.05, 0.1) is 0 Å². The van der Waals surface area contributed by atoms with Crippen LogP contribution in [0.5, 0.6) is 0 Å². The number of carboxylic acids is 1. The van der Waals surface area contributed by atoms with E-state index < -0.39 is 36.0 Å². The molecular weight excluding hydrogens is 252 g/mol. The van der Waals surface area contributed by atoms with Gasteiger partial charge in [0, 0.05) is 0 Å². The highest BCUT2D eigenvalue weighted by molar-refractivity contribution is 5.91. The van der Waals surface area contributed by atoms with Crippen LogP contribution in [0.3, 0.4) is 0 Å². The number of amides is 2. The van der Waals surface area contributed by atoms with Gasteiger partial charge in [-0.2, -0.15) is 0 Å². The van der Waals surface area contributed by atoms with Gasteiger partial charge in [0.25, 0.3) is 0 Å². The third-order valence-electron chi connectivity index (χ3n) is 2.67. The van der Waals surface area contributed by atoms with Gasteiger partial charge in [-0.25, -0.2) is 4.79 Å². The van der Waals surface area contributed by atoms with Crippen molar-refractivity contribution in [2.24, 2.45) is 5.92 Å². The zero-order valence-corrected chi connectivity index (χ0v) is 11.6. The quantitative estimate of drug-likeness (QED) is 0.499. The highest BCUT2D eigenvalue weighted by Gasteiger charge is 2.27. The molecule has 0 radical (unpaired) electrons. The maximum atomic E-state index is 11.7. The first kappa shape index (κ1) is 17.4. The summed E-state index contributed by atoms with van der Waals surface area (Å²) in [5.74, 6) is -2.65.